The maximum absolute atomic E-state index is 5.76. The number of ether oxygens (including phenoxy) is 1. The van der Waals surface area contributed by atoms with Crippen LogP contribution in [0.1, 0.15) is 24.2 Å². The van der Waals surface area contributed by atoms with Gasteiger partial charge in [0.25, 0.3) is 0 Å². The molecule has 2 N–H and O–H groups in total. The van der Waals surface area contributed by atoms with Gasteiger partial charge >= 0.3 is 0 Å². The average Bonchev–Trinajstić information content (AvgIpc) is 2.68. The van der Waals surface area contributed by atoms with E-state index in [1.807, 2.05) is 19.3 Å². The number of aromatic nitrogens is 2. The third kappa shape index (κ3) is 1.51. The third-order valence-electron chi connectivity index (χ3n) is 2.74. The number of hydrogen-bond donors (Lipinski definition) is 1. The van der Waals surface area contributed by atoms with Gasteiger partial charge in [0.05, 0.1) is 0 Å². The Labute approximate surface area is 83.5 Å². The van der Waals surface area contributed by atoms with Crippen LogP contribution in [-0.4, -0.2) is 23.1 Å². The van der Waals surface area contributed by atoms with Crippen LogP contribution < -0.4 is 5.73 Å². The minimum Gasteiger partial charge on any atom is -0.369 e. The normalized spacial score (nSPS) is 26.7. The van der Waals surface area contributed by atoms with Crippen molar-refractivity contribution in [3.05, 3.63) is 23.8 Å². The fraction of sp³-hybridized carbons (Fsp3) is 0.600. The van der Waals surface area contributed by atoms with Gasteiger partial charge in [-0.05, 0) is 19.8 Å². The SMILES string of the molecule is Cc1ncc(C2(CN)CCCO2)cn1. The highest BCUT2D eigenvalue weighted by Gasteiger charge is 2.36. The Morgan fingerprint density at radius 3 is 2.71 bits per heavy atom. The lowest BCUT2D eigenvalue weighted by Crippen LogP contribution is -2.34. The molecule has 0 saturated carbocycles. The predicted molar refractivity (Wildman–Crippen MR) is 52.7 cm³/mol. The molecule has 4 nitrogen and oxygen atoms in total. The molecule has 0 radical (unpaired) electrons. The first-order chi connectivity index (χ1) is 6.77. The van der Waals surface area contributed by atoms with Crippen molar-refractivity contribution in [3.8, 4) is 0 Å². The first-order valence-electron chi connectivity index (χ1n) is 4.90. The monoisotopic (exact) mass is 193 g/mol. The van der Waals surface area contributed by atoms with Crippen molar-refractivity contribution in [2.24, 2.45) is 5.73 Å². The lowest BCUT2D eigenvalue weighted by Gasteiger charge is -2.26. The summed E-state index contributed by atoms with van der Waals surface area (Å²) < 4.78 is 5.71. The molecule has 0 amide bonds. The average molecular weight is 193 g/mol. The Morgan fingerprint density at radius 2 is 2.21 bits per heavy atom. The molecule has 1 saturated heterocycles. The van der Waals surface area contributed by atoms with Gasteiger partial charge in [0.2, 0.25) is 0 Å². The Balaban J connectivity index is 2.31. The van der Waals surface area contributed by atoms with Crippen LogP contribution in [-0.2, 0) is 10.3 Å². The standard InChI is InChI=1S/C10H15N3O/c1-8-12-5-9(6-13-8)10(7-11)3-2-4-14-10/h5-6H,2-4,7,11H2,1H3. The van der Waals surface area contributed by atoms with Gasteiger partial charge in [0.15, 0.2) is 0 Å². The van der Waals surface area contributed by atoms with Gasteiger partial charge in [-0.2, -0.15) is 0 Å². The minimum atomic E-state index is -0.326. The number of nitrogens with two attached hydrogens (primary N) is 1. The summed E-state index contributed by atoms with van der Waals surface area (Å²) >= 11 is 0. The highest BCUT2D eigenvalue weighted by atomic mass is 16.5. The Morgan fingerprint density at radius 1 is 1.50 bits per heavy atom. The van der Waals surface area contributed by atoms with E-state index in [1.165, 1.54) is 0 Å². The van der Waals surface area contributed by atoms with E-state index in [1.54, 1.807) is 0 Å². The predicted octanol–water partition coefficient (Wildman–Crippen LogP) is 0.749. The largest absolute Gasteiger partial charge is 0.369 e. The van der Waals surface area contributed by atoms with E-state index in [2.05, 4.69) is 9.97 Å². The molecule has 1 aromatic rings. The number of nitrogens with zero attached hydrogens (tertiary/aromatic N) is 2. The van der Waals surface area contributed by atoms with Crippen LogP contribution in [0.15, 0.2) is 12.4 Å². The summed E-state index contributed by atoms with van der Waals surface area (Å²) in [6.07, 6.45) is 5.67. The second-order valence-corrected chi connectivity index (χ2v) is 3.67. The van der Waals surface area contributed by atoms with Gasteiger partial charge in [-0.15, -0.1) is 0 Å². The molecule has 1 fully saturated rings. The van der Waals surface area contributed by atoms with Crippen molar-refractivity contribution in [1.82, 2.24) is 9.97 Å². The molecule has 14 heavy (non-hydrogen) atoms. The van der Waals surface area contributed by atoms with Crippen molar-refractivity contribution in [2.75, 3.05) is 13.2 Å². The van der Waals surface area contributed by atoms with Gasteiger partial charge in [-0.3, -0.25) is 0 Å². The molecular weight excluding hydrogens is 178 g/mol. The summed E-state index contributed by atoms with van der Waals surface area (Å²) in [4.78, 5) is 8.34. The molecule has 2 heterocycles. The van der Waals surface area contributed by atoms with Gasteiger partial charge in [-0.1, -0.05) is 0 Å². The van der Waals surface area contributed by atoms with E-state index >= 15 is 0 Å². The molecule has 1 unspecified atom stereocenters. The highest BCUT2D eigenvalue weighted by molar-refractivity contribution is 5.17. The summed E-state index contributed by atoms with van der Waals surface area (Å²) in [7, 11) is 0. The zero-order valence-electron chi connectivity index (χ0n) is 8.36. The summed E-state index contributed by atoms with van der Waals surface area (Å²) in [5.74, 6) is 0.777. The molecular formula is C10H15N3O. The van der Waals surface area contributed by atoms with Crippen molar-refractivity contribution < 1.29 is 4.74 Å². The zero-order valence-corrected chi connectivity index (χ0v) is 8.36. The molecule has 1 atom stereocenters. The summed E-state index contributed by atoms with van der Waals surface area (Å²) in [5, 5.41) is 0. The Kier molecular flexibility index (Phi) is 2.48. The first kappa shape index (κ1) is 9.55. The number of aryl methyl sites for hydroxylation is 1. The lowest BCUT2D eigenvalue weighted by molar-refractivity contribution is 0.00741. The zero-order chi connectivity index (χ0) is 10.0. The quantitative estimate of drug-likeness (QED) is 0.753. The summed E-state index contributed by atoms with van der Waals surface area (Å²) in [6.45, 7) is 3.15. The van der Waals surface area contributed by atoms with E-state index in [4.69, 9.17) is 10.5 Å². The molecule has 0 spiro atoms. The molecule has 0 aromatic carbocycles. The molecule has 1 aliphatic heterocycles. The fourth-order valence-corrected chi connectivity index (χ4v) is 1.83. The van der Waals surface area contributed by atoms with Crippen LogP contribution in [0.4, 0.5) is 0 Å². The van der Waals surface area contributed by atoms with Crippen LogP contribution in [0, 0.1) is 6.92 Å². The number of rotatable bonds is 2. The smallest absolute Gasteiger partial charge is 0.125 e. The second kappa shape index (κ2) is 3.63. The van der Waals surface area contributed by atoms with Crippen LogP contribution in [0.3, 0.4) is 0 Å². The van der Waals surface area contributed by atoms with Crippen LogP contribution in [0.25, 0.3) is 0 Å². The summed E-state index contributed by atoms with van der Waals surface area (Å²) in [6, 6.07) is 0. The minimum absolute atomic E-state index is 0.326. The van der Waals surface area contributed by atoms with E-state index in [0.717, 1.165) is 30.8 Å². The Hall–Kier alpha value is -1.00. The molecule has 4 heteroatoms. The maximum Gasteiger partial charge on any atom is 0.125 e. The fourth-order valence-electron chi connectivity index (χ4n) is 1.83. The van der Waals surface area contributed by atoms with Crippen LogP contribution in [0.2, 0.25) is 0 Å². The van der Waals surface area contributed by atoms with Gasteiger partial charge in [-0.25, -0.2) is 9.97 Å². The van der Waals surface area contributed by atoms with E-state index in [0.29, 0.717) is 6.54 Å². The van der Waals surface area contributed by atoms with Crippen LogP contribution in [0.5, 0.6) is 0 Å². The number of hydrogen-bond acceptors (Lipinski definition) is 4. The topological polar surface area (TPSA) is 61.0 Å². The first-order valence-corrected chi connectivity index (χ1v) is 4.90. The molecule has 76 valence electrons. The summed E-state index contributed by atoms with van der Waals surface area (Å²) in [5.41, 5.74) is 6.44. The molecule has 0 bridgehead atoms. The van der Waals surface area contributed by atoms with Crippen molar-refractivity contribution in [2.45, 2.75) is 25.4 Å². The van der Waals surface area contributed by atoms with E-state index < -0.39 is 0 Å². The third-order valence-corrected chi connectivity index (χ3v) is 2.74. The van der Waals surface area contributed by atoms with Gasteiger partial charge in [0, 0.05) is 31.1 Å². The van der Waals surface area contributed by atoms with Gasteiger partial charge in [0.1, 0.15) is 11.4 Å². The Bertz CT molecular complexity index is 304. The van der Waals surface area contributed by atoms with Crippen molar-refractivity contribution in [1.29, 1.82) is 0 Å². The highest BCUT2D eigenvalue weighted by Crippen LogP contribution is 2.34. The van der Waals surface area contributed by atoms with E-state index in [9.17, 15) is 0 Å². The molecule has 2 rings (SSSR count). The molecule has 1 aliphatic rings. The molecule has 0 aliphatic carbocycles. The maximum atomic E-state index is 5.76. The van der Waals surface area contributed by atoms with Crippen LogP contribution >= 0.6 is 0 Å². The van der Waals surface area contributed by atoms with E-state index in [-0.39, 0.29) is 5.60 Å². The molecule has 1 aromatic heterocycles. The van der Waals surface area contributed by atoms with Crippen molar-refractivity contribution in [3.63, 3.8) is 0 Å². The van der Waals surface area contributed by atoms with Gasteiger partial charge < -0.3 is 10.5 Å². The lowest BCUT2D eigenvalue weighted by atomic mass is 9.93. The van der Waals surface area contributed by atoms with Crippen molar-refractivity contribution >= 4 is 0 Å². The second-order valence-electron chi connectivity index (χ2n) is 3.67.